The molecule has 0 amide bonds. The fraction of sp³-hybridized carbons (Fsp3) is 0. The second-order valence-corrected chi connectivity index (χ2v) is 11.5. The zero-order valence-corrected chi connectivity index (χ0v) is 24.4. The van der Waals surface area contributed by atoms with E-state index < -0.39 is 0 Å². The van der Waals surface area contributed by atoms with Gasteiger partial charge in [0.05, 0.1) is 11.4 Å². The molecule has 0 aliphatic carbocycles. The molecule has 0 atom stereocenters. The van der Waals surface area contributed by atoms with Crippen LogP contribution < -0.4 is 0 Å². The summed E-state index contributed by atoms with van der Waals surface area (Å²) in [7, 11) is 0. The molecule has 0 spiro atoms. The number of nitrogens with zero attached hydrogens (tertiary/aromatic N) is 1. The first-order chi connectivity index (χ1) is 22.3. The number of rotatable bonds is 4. The van der Waals surface area contributed by atoms with Gasteiger partial charge in [-0.15, -0.1) is 0 Å². The van der Waals surface area contributed by atoms with E-state index in [1.807, 2.05) is 12.1 Å². The summed E-state index contributed by atoms with van der Waals surface area (Å²) in [6.45, 7) is 0. The Morgan fingerprint density at radius 2 is 0.756 bits per heavy atom. The van der Waals surface area contributed by atoms with Crippen molar-refractivity contribution in [3.63, 3.8) is 0 Å². The lowest BCUT2D eigenvalue weighted by molar-refractivity contribution is 0.669. The molecule has 9 aromatic rings. The highest BCUT2D eigenvalue weighted by atomic mass is 16.3. The number of hydrogen-bond donors (Lipinski definition) is 0. The molecule has 0 saturated heterocycles. The second kappa shape index (κ2) is 10.3. The average molecular weight is 574 g/mol. The second-order valence-electron chi connectivity index (χ2n) is 11.5. The summed E-state index contributed by atoms with van der Waals surface area (Å²) in [5.74, 6) is 0. The Hall–Kier alpha value is -5.99. The van der Waals surface area contributed by atoms with Crippen LogP contribution in [0.15, 0.2) is 168 Å². The third kappa shape index (κ3) is 4.22. The van der Waals surface area contributed by atoms with Crippen molar-refractivity contribution in [2.24, 2.45) is 0 Å². The van der Waals surface area contributed by atoms with Crippen molar-refractivity contribution in [2.45, 2.75) is 0 Å². The van der Waals surface area contributed by atoms with E-state index in [1.165, 1.54) is 38.2 Å². The Morgan fingerprint density at radius 3 is 1.31 bits per heavy atom. The van der Waals surface area contributed by atoms with Gasteiger partial charge >= 0.3 is 0 Å². The Morgan fingerprint density at radius 1 is 0.311 bits per heavy atom. The molecule has 0 saturated carbocycles. The van der Waals surface area contributed by atoms with Crippen LogP contribution in [0.2, 0.25) is 0 Å². The van der Waals surface area contributed by atoms with Crippen LogP contribution in [-0.4, -0.2) is 4.98 Å². The molecule has 0 radical (unpaired) electrons. The summed E-state index contributed by atoms with van der Waals surface area (Å²) in [6.07, 6.45) is 0. The minimum absolute atomic E-state index is 0.906. The molecule has 0 bridgehead atoms. The Labute approximate surface area is 260 Å². The van der Waals surface area contributed by atoms with Gasteiger partial charge in [0.2, 0.25) is 0 Å². The van der Waals surface area contributed by atoms with Gasteiger partial charge in [-0.1, -0.05) is 133 Å². The molecule has 0 unspecified atom stereocenters. The molecular weight excluding hydrogens is 546 g/mol. The van der Waals surface area contributed by atoms with E-state index in [0.717, 1.165) is 50.0 Å². The third-order valence-electron chi connectivity index (χ3n) is 8.85. The predicted octanol–water partition coefficient (Wildman–Crippen LogP) is 12.0. The average Bonchev–Trinajstić information content (AvgIpc) is 3.49. The first-order valence-corrected chi connectivity index (χ1v) is 15.3. The molecular formula is C43H27NO. The lowest BCUT2D eigenvalue weighted by Gasteiger charge is -2.19. The molecule has 210 valence electrons. The van der Waals surface area contributed by atoms with Gasteiger partial charge in [-0.2, -0.15) is 0 Å². The van der Waals surface area contributed by atoms with Crippen LogP contribution in [0.1, 0.15) is 0 Å². The smallest absolute Gasteiger partial charge is 0.135 e. The van der Waals surface area contributed by atoms with Gasteiger partial charge in [-0.3, -0.25) is 0 Å². The predicted molar refractivity (Wildman–Crippen MR) is 188 cm³/mol. The van der Waals surface area contributed by atoms with Gasteiger partial charge in [0.25, 0.3) is 0 Å². The minimum atomic E-state index is 0.906. The molecule has 0 aliphatic rings. The summed E-state index contributed by atoms with van der Waals surface area (Å²) in [6, 6.07) is 58.0. The van der Waals surface area contributed by atoms with Crippen LogP contribution in [0.25, 0.3) is 88.3 Å². The van der Waals surface area contributed by atoms with Gasteiger partial charge < -0.3 is 4.42 Å². The fourth-order valence-electron chi connectivity index (χ4n) is 6.82. The number of benzene rings is 7. The molecule has 9 rings (SSSR count). The van der Waals surface area contributed by atoms with Crippen molar-refractivity contribution in [1.29, 1.82) is 0 Å². The standard InChI is InChI=1S/C43H27NO/c1-3-13-28(14-4-1)38-26-31(27-39(44-38)29-15-5-2-6-16-29)43-35-20-9-7-18-33(35)42(34-19-8-10-21-36(34)43)30-23-24-41-37(25-30)32-17-11-12-22-40(32)45-41/h1-27H. The van der Waals surface area contributed by atoms with Crippen molar-refractivity contribution < 1.29 is 4.42 Å². The molecule has 0 N–H and O–H groups in total. The summed E-state index contributed by atoms with van der Waals surface area (Å²) in [4.78, 5) is 5.16. The molecule has 2 heteroatoms. The van der Waals surface area contributed by atoms with Crippen molar-refractivity contribution in [3.05, 3.63) is 164 Å². The maximum Gasteiger partial charge on any atom is 0.135 e. The van der Waals surface area contributed by atoms with Gasteiger partial charge in [0, 0.05) is 21.9 Å². The van der Waals surface area contributed by atoms with Crippen LogP contribution >= 0.6 is 0 Å². The Bertz CT molecular complexity index is 2410. The number of para-hydroxylation sites is 1. The maximum absolute atomic E-state index is 6.18. The number of pyridine rings is 1. The zero-order valence-electron chi connectivity index (χ0n) is 24.4. The van der Waals surface area contributed by atoms with Crippen LogP contribution in [0.4, 0.5) is 0 Å². The highest BCUT2D eigenvalue weighted by molar-refractivity contribution is 6.22. The van der Waals surface area contributed by atoms with E-state index in [4.69, 9.17) is 9.40 Å². The van der Waals surface area contributed by atoms with Crippen LogP contribution in [-0.2, 0) is 0 Å². The van der Waals surface area contributed by atoms with Crippen LogP contribution in [0.3, 0.4) is 0 Å². The lowest BCUT2D eigenvalue weighted by atomic mass is 9.85. The molecule has 0 fully saturated rings. The van der Waals surface area contributed by atoms with Crippen molar-refractivity contribution in [3.8, 4) is 44.8 Å². The van der Waals surface area contributed by atoms with E-state index in [9.17, 15) is 0 Å². The molecule has 0 aliphatic heterocycles. The highest BCUT2D eigenvalue weighted by Gasteiger charge is 2.19. The van der Waals surface area contributed by atoms with Crippen LogP contribution in [0, 0.1) is 0 Å². The van der Waals surface area contributed by atoms with E-state index in [2.05, 4.69) is 152 Å². The van der Waals surface area contributed by atoms with Gasteiger partial charge in [0.1, 0.15) is 11.2 Å². The van der Waals surface area contributed by atoms with Crippen molar-refractivity contribution >= 4 is 43.5 Å². The molecule has 2 heterocycles. The number of fused-ring (bicyclic) bond motifs is 5. The monoisotopic (exact) mass is 573 g/mol. The van der Waals surface area contributed by atoms with Gasteiger partial charge in [-0.25, -0.2) is 4.98 Å². The number of furan rings is 1. The fourth-order valence-corrected chi connectivity index (χ4v) is 6.82. The van der Waals surface area contributed by atoms with Gasteiger partial charge in [-0.05, 0) is 74.1 Å². The zero-order chi connectivity index (χ0) is 29.7. The Balaban J connectivity index is 1.36. The quantitative estimate of drug-likeness (QED) is 0.196. The SMILES string of the molecule is c1ccc(-c2cc(-c3c4ccccc4c(-c4ccc5oc6ccccc6c5c4)c4ccccc34)cc(-c3ccccc3)n2)cc1. The van der Waals surface area contributed by atoms with Crippen molar-refractivity contribution in [1.82, 2.24) is 4.98 Å². The topological polar surface area (TPSA) is 26.0 Å². The first-order valence-electron chi connectivity index (χ1n) is 15.3. The number of aromatic nitrogens is 1. The summed E-state index contributed by atoms with van der Waals surface area (Å²) in [5.41, 5.74) is 10.7. The number of hydrogen-bond acceptors (Lipinski definition) is 2. The Kier molecular flexibility index (Phi) is 5.85. The van der Waals surface area contributed by atoms with Gasteiger partial charge in [0.15, 0.2) is 0 Å². The van der Waals surface area contributed by atoms with E-state index in [0.29, 0.717) is 0 Å². The summed E-state index contributed by atoms with van der Waals surface area (Å²) >= 11 is 0. The van der Waals surface area contributed by atoms with Crippen LogP contribution in [0.5, 0.6) is 0 Å². The third-order valence-corrected chi connectivity index (χ3v) is 8.85. The summed E-state index contributed by atoms with van der Waals surface area (Å²) in [5, 5.41) is 7.14. The summed E-state index contributed by atoms with van der Waals surface area (Å²) < 4.78 is 6.18. The minimum Gasteiger partial charge on any atom is -0.456 e. The molecule has 2 nitrogen and oxygen atoms in total. The first kappa shape index (κ1) is 25.5. The van der Waals surface area contributed by atoms with Crippen molar-refractivity contribution in [2.75, 3.05) is 0 Å². The molecule has 45 heavy (non-hydrogen) atoms. The lowest BCUT2D eigenvalue weighted by Crippen LogP contribution is -1.94. The normalized spacial score (nSPS) is 11.6. The van der Waals surface area contributed by atoms with E-state index in [1.54, 1.807) is 0 Å². The van der Waals surface area contributed by atoms with E-state index >= 15 is 0 Å². The van der Waals surface area contributed by atoms with E-state index in [-0.39, 0.29) is 0 Å². The highest BCUT2D eigenvalue weighted by Crippen LogP contribution is 2.45. The maximum atomic E-state index is 6.18. The largest absolute Gasteiger partial charge is 0.456 e. The molecule has 2 aromatic heterocycles. The molecule has 7 aromatic carbocycles.